The van der Waals surface area contributed by atoms with Crippen molar-refractivity contribution in [2.75, 3.05) is 0 Å². The van der Waals surface area contributed by atoms with Crippen molar-refractivity contribution in [1.29, 1.82) is 0 Å². The van der Waals surface area contributed by atoms with Crippen molar-refractivity contribution in [2.45, 2.75) is 32.7 Å². The lowest BCUT2D eigenvalue weighted by Crippen LogP contribution is -2.09. The Bertz CT molecular complexity index is 432. The molecule has 0 aromatic carbocycles. The second-order valence-corrected chi connectivity index (χ2v) is 4.78. The first-order chi connectivity index (χ1) is 7.09. The average Bonchev–Trinajstić information content (AvgIpc) is 2.71. The molecule has 1 aromatic heterocycles. The van der Waals surface area contributed by atoms with Gasteiger partial charge in [-0.15, -0.1) is 0 Å². The smallest absolute Gasteiger partial charge is 0.165 e. The third kappa shape index (κ3) is 1.91. The fourth-order valence-electron chi connectivity index (χ4n) is 1.80. The van der Waals surface area contributed by atoms with E-state index >= 15 is 0 Å². The Kier molecular flexibility index (Phi) is 2.78. The van der Waals surface area contributed by atoms with Gasteiger partial charge in [-0.3, -0.25) is 9.48 Å². The molecule has 3 nitrogen and oxygen atoms in total. The number of halogens is 1. The van der Waals surface area contributed by atoms with Crippen LogP contribution >= 0.6 is 15.9 Å². The van der Waals surface area contributed by atoms with Crippen LogP contribution in [-0.2, 0) is 4.79 Å². The van der Waals surface area contributed by atoms with Gasteiger partial charge in [0.25, 0.3) is 0 Å². The molecule has 0 fully saturated rings. The van der Waals surface area contributed by atoms with Crippen LogP contribution in [0.3, 0.4) is 0 Å². The fraction of sp³-hybridized carbons (Fsp3) is 0.455. The zero-order valence-corrected chi connectivity index (χ0v) is 10.4. The molecule has 0 saturated heterocycles. The van der Waals surface area contributed by atoms with Gasteiger partial charge in [0.1, 0.15) is 4.60 Å². The van der Waals surface area contributed by atoms with Gasteiger partial charge in [-0.25, -0.2) is 0 Å². The van der Waals surface area contributed by atoms with Gasteiger partial charge in [-0.2, -0.15) is 5.10 Å². The average molecular weight is 269 g/mol. The van der Waals surface area contributed by atoms with E-state index in [1.54, 1.807) is 0 Å². The van der Waals surface area contributed by atoms with Gasteiger partial charge in [0, 0.05) is 18.0 Å². The molecule has 0 atom stereocenters. The number of nitrogens with zero attached hydrogens (tertiary/aromatic N) is 2. The molecule has 2 rings (SSSR count). The summed E-state index contributed by atoms with van der Waals surface area (Å²) in [6, 6.07) is 2.18. The van der Waals surface area contributed by atoms with E-state index in [2.05, 4.69) is 34.9 Å². The van der Waals surface area contributed by atoms with Crippen molar-refractivity contribution in [3.63, 3.8) is 0 Å². The third-order valence-electron chi connectivity index (χ3n) is 2.49. The predicted octanol–water partition coefficient (Wildman–Crippen LogP) is 2.97. The van der Waals surface area contributed by atoms with Crippen LogP contribution in [0.5, 0.6) is 0 Å². The molecule has 0 radical (unpaired) electrons. The molecule has 1 heterocycles. The number of hydrogen-bond donors (Lipinski definition) is 0. The Morgan fingerprint density at radius 3 is 2.80 bits per heavy atom. The highest BCUT2D eigenvalue weighted by atomic mass is 79.9. The van der Waals surface area contributed by atoms with Gasteiger partial charge >= 0.3 is 0 Å². The Balaban J connectivity index is 2.47. The van der Waals surface area contributed by atoms with Gasteiger partial charge in [0.2, 0.25) is 0 Å². The van der Waals surface area contributed by atoms with E-state index in [4.69, 9.17) is 0 Å². The van der Waals surface area contributed by atoms with Crippen LogP contribution in [0.1, 0.15) is 38.4 Å². The molecule has 0 amide bonds. The SMILES string of the molecule is CC(C)n1nc(Br)cc1C1=CCCC1=O. The van der Waals surface area contributed by atoms with E-state index in [0.29, 0.717) is 6.42 Å². The van der Waals surface area contributed by atoms with E-state index in [1.165, 1.54) is 0 Å². The molecule has 1 aliphatic rings. The fourth-order valence-corrected chi connectivity index (χ4v) is 2.19. The van der Waals surface area contributed by atoms with E-state index in [-0.39, 0.29) is 11.8 Å². The molecule has 15 heavy (non-hydrogen) atoms. The van der Waals surface area contributed by atoms with Gasteiger partial charge in [0.15, 0.2) is 5.78 Å². The topological polar surface area (TPSA) is 34.9 Å². The van der Waals surface area contributed by atoms with Crippen LogP contribution in [0.15, 0.2) is 16.7 Å². The number of hydrogen-bond acceptors (Lipinski definition) is 2. The van der Waals surface area contributed by atoms with E-state index in [1.807, 2.05) is 16.8 Å². The first kappa shape index (κ1) is 10.6. The summed E-state index contributed by atoms with van der Waals surface area (Å²) in [6.07, 6.45) is 3.50. The molecule has 1 aromatic rings. The monoisotopic (exact) mass is 268 g/mol. The number of allylic oxidation sites excluding steroid dienone is 2. The van der Waals surface area contributed by atoms with Crippen molar-refractivity contribution in [2.24, 2.45) is 0 Å². The van der Waals surface area contributed by atoms with Crippen LogP contribution in [-0.4, -0.2) is 15.6 Å². The van der Waals surface area contributed by atoms with Crippen molar-refractivity contribution < 1.29 is 4.79 Å². The van der Waals surface area contributed by atoms with Gasteiger partial charge in [-0.1, -0.05) is 6.08 Å². The van der Waals surface area contributed by atoms with Crippen LogP contribution in [0.4, 0.5) is 0 Å². The number of carbonyl (C=O) groups excluding carboxylic acids is 1. The summed E-state index contributed by atoms with van der Waals surface area (Å²) >= 11 is 3.35. The molecule has 0 spiro atoms. The quantitative estimate of drug-likeness (QED) is 0.827. The highest BCUT2D eigenvalue weighted by molar-refractivity contribution is 9.10. The molecule has 80 valence electrons. The van der Waals surface area contributed by atoms with Crippen LogP contribution in [0.2, 0.25) is 0 Å². The maximum Gasteiger partial charge on any atom is 0.165 e. The van der Waals surface area contributed by atoms with E-state index < -0.39 is 0 Å². The van der Waals surface area contributed by atoms with Crippen LogP contribution in [0, 0.1) is 0 Å². The number of aromatic nitrogens is 2. The van der Waals surface area contributed by atoms with Gasteiger partial charge in [-0.05, 0) is 42.3 Å². The van der Waals surface area contributed by atoms with Gasteiger partial charge in [0.05, 0.1) is 5.69 Å². The number of rotatable bonds is 2. The second-order valence-electron chi connectivity index (χ2n) is 3.97. The summed E-state index contributed by atoms with van der Waals surface area (Å²) < 4.78 is 2.67. The molecule has 0 unspecified atom stereocenters. The number of carbonyl (C=O) groups is 1. The minimum Gasteiger partial charge on any atom is -0.294 e. The molecular weight excluding hydrogens is 256 g/mol. The summed E-state index contributed by atoms with van der Waals surface area (Å²) in [6.45, 7) is 4.12. The Labute approximate surface area is 97.3 Å². The highest BCUT2D eigenvalue weighted by Gasteiger charge is 2.21. The standard InChI is InChI=1S/C11H13BrN2O/c1-7(2)14-9(6-11(12)13-14)8-4-3-5-10(8)15/h4,6-7H,3,5H2,1-2H3. The lowest BCUT2D eigenvalue weighted by atomic mass is 10.1. The normalized spacial score (nSPS) is 16.3. The molecular formula is C11H13BrN2O. The maximum atomic E-state index is 11.6. The zero-order valence-electron chi connectivity index (χ0n) is 8.83. The summed E-state index contributed by atoms with van der Waals surface area (Å²) in [5, 5.41) is 4.33. The summed E-state index contributed by atoms with van der Waals surface area (Å²) in [5.74, 6) is 0.226. The van der Waals surface area contributed by atoms with Crippen molar-refractivity contribution in [1.82, 2.24) is 9.78 Å². The predicted molar refractivity (Wildman–Crippen MR) is 62.5 cm³/mol. The first-order valence-corrected chi connectivity index (χ1v) is 5.87. The van der Waals surface area contributed by atoms with Crippen molar-refractivity contribution >= 4 is 27.3 Å². The molecule has 0 aliphatic heterocycles. The Morgan fingerprint density at radius 1 is 1.53 bits per heavy atom. The van der Waals surface area contributed by atoms with Gasteiger partial charge < -0.3 is 0 Å². The van der Waals surface area contributed by atoms with Crippen molar-refractivity contribution in [3.05, 3.63) is 22.4 Å². The minimum atomic E-state index is 0.226. The third-order valence-corrected chi connectivity index (χ3v) is 2.88. The molecule has 0 bridgehead atoms. The molecule has 0 N–H and O–H groups in total. The Morgan fingerprint density at radius 2 is 2.27 bits per heavy atom. The Hall–Kier alpha value is -0.900. The van der Waals surface area contributed by atoms with E-state index in [9.17, 15) is 4.79 Å². The highest BCUT2D eigenvalue weighted by Crippen LogP contribution is 2.28. The van der Waals surface area contributed by atoms with E-state index in [0.717, 1.165) is 22.3 Å². The molecule has 0 saturated carbocycles. The lowest BCUT2D eigenvalue weighted by molar-refractivity contribution is -0.113. The zero-order chi connectivity index (χ0) is 11.0. The summed E-state index contributed by atoms with van der Waals surface area (Å²) in [5.41, 5.74) is 1.75. The van der Waals surface area contributed by atoms with Crippen molar-refractivity contribution in [3.8, 4) is 0 Å². The summed E-state index contributed by atoms with van der Waals surface area (Å²) in [4.78, 5) is 11.6. The molecule has 1 aliphatic carbocycles. The number of ketones is 1. The second kappa shape index (κ2) is 3.93. The number of Topliss-reactive ketones (excluding diaryl/α,β-unsaturated/α-hetero) is 1. The lowest BCUT2D eigenvalue weighted by Gasteiger charge is -2.10. The minimum absolute atomic E-state index is 0.226. The van der Waals surface area contributed by atoms with Crippen LogP contribution < -0.4 is 0 Å². The maximum absolute atomic E-state index is 11.6. The van der Waals surface area contributed by atoms with Crippen LogP contribution in [0.25, 0.3) is 5.57 Å². The molecule has 4 heteroatoms. The first-order valence-electron chi connectivity index (χ1n) is 5.08. The summed E-state index contributed by atoms with van der Waals surface area (Å²) in [7, 11) is 0. The largest absolute Gasteiger partial charge is 0.294 e.